The first-order chi connectivity index (χ1) is 8.71. The third-order valence-corrected chi connectivity index (χ3v) is 3.02. The van der Waals surface area contributed by atoms with E-state index >= 15 is 0 Å². The summed E-state index contributed by atoms with van der Waals surface area (Å²) in [6.45, 7) is 7.32. The minimum atomic E-state index is 0.418. The Morgan fingerprint density at radius 2 is 2.06 bits per heavy atom. The Labute approximate surface area is 115 Å². The first-order valence-electron chi connectivity index (χ1n) is 6.74. The lowest BCUT2D eigenvalue weighted by atomic mass is 10.1. The average molecular weight is 271 g/mol. The van der Waals surface area contributed by atoms with Gasteiger partial charge in [-0.05, 0) is 19.3 Å². The topological polar surface area (TPSA) is 49.8 Å². The van der Waals surface area contributed by atoms with Gasteiger partial charge in [0.25, 0.3) is 0 Å². The van der Waals surface area contributed by atoms with Gasteiger partial charge in [0.1, 0.15) is 5.02 Å². The highest BCUT2D eigenvalue weighted by molar-refractivity contribution is 6.32. The largest absolute Gasteiger partial charge is 0.366 e. The van der Waals surface area contributed by atoms with Crippen molar-refractivity contribution >= 4 is 23.4 Å². The zero-order valence-corrected chi connectivity index (χ0v) is 12.2. The summed E-state index contributed by atoms with van der Waals surface area (Å²) in [6.07, 6.45) is 6.02. The van der Waals surface area contributed by atoms with E-state index in [1.807, 2.05) is 0 Å². The molecule has 0 spiro atoms. The lowest BCUT2D eigenvalue weighted by Gasteiger charge is -2.18. The van der Waals surface area contributed by atoms with Crippen LogP contribution in [0.5, 0.6) is 0 Å². The quantitative estimate of drug-likeness (QED) is 0.751. The van der Waals surface area contributed by atoms with E-state index in [2.05, 4.69) is 41.4 Å². The number of halogens is 1. The second kappa shape index (κ2) is 8.14. The Morgan fingerprint density at radius 3 is 2.67 bits per heavy atom. The van der Waals surface area contributed by atoms with E-state index in [1.165, 1.54) is 0 Å². The number of nitrogens with one attached hydrogen (secondary N) is 2. The normalized spacial score (nSPS) is 12.2. The maximum Gasteiger partial charge on any atom is 0.224 e. The molecule has 0 radical (unpaired) electrons. The monoisotopic (exact) mass is 270 g/mol. The molecule has 1 unspecified atom stereocenters. The van der Waals surface area contributed by atoms with Gasteiger partial charge in [-0.3, -0.25) is 0 Å². The van der Waals surface area contributed by atoms with Crippen LogP contribution in [0.1, 0.15) is 46.5 Å². The number of hydrogen-bond donors (Lipinski definition) is 2. The van der Waals surface area contributed by atoms with Gasteiger partial charge >= 0.3 is 0 Å². The number of rotatable bonds is 8. The summed E-state index contributed by atoms with van der Waals surface area (Å²) in [5.41, 5.74) is 0. The van der Waals surface area contributed by atoms with E-state index in [0.717, 1.165) is 38.0 Å². The van der Waals surface area contributed by atoms with E-state index in [4.69, 9.17) is 11.6 Å². The molecule has 1 aromatic rings. The minimum Gasteiger partial charge on any atom is -0.366 e. The maximum absolute atomic E-state index is 6.12. The molecular weight excluding hydrogens is 248 g/mol. The molecule has 1 atom stereocenters. The SMILES string of the molecule is CCCNc1ncc(Cl)c(NC(CC)CCC)n1. The fourth-order valence-corrected chi connectivity index (χ4v) is 1.86. The van der Waals surface area contributed by atoms with Crippen molar-refractivity contribution in [3.05, 3.63) is 11.2 Å². The van der Waals surface area contributed by atoms with Gasteiger partial charge in [-0.1, -0.05) is 38.8 Å². The van der Waals surface area contributed by atoms with Gasteiger partial charge in [0.2, 0.25) is 5.95 Å². The predicted octanol–water partition coefficient (Wildman–Crippen LogP) is 3.94. The van der Waals surface area contributed by atoms with Crippen molar-refractivity contribution in [3.8, 4) is 0 Å². The molecule has 2 N–H and O–H groups in total. The van der Waals surface area contributed by atoms with Crippen LogP contribution in [-0.4, -0.2) is 22.6 Å². The van der Waals surface area contributed by atoms with Gasteiger partial charge in [-0.2, -0.15) is 4.98 Å². The van der Waals surface area contributed by atoms with Gasteiger partial charge < -0.3 is 10.6 Å². The third kappa shape index (κ3) is 4.69. The molecule has 1 heterocycles. The van der Waals surface area contributed by atoms with Crippen LogP contribution in [0, 0.1) is 0 Å². The minimum absolute atomic E-state index is 0.418. The van der Waals surface area contributed by atoms with Gasteiger partial charge in [0.05, 0.1) is 6.20 Å². The van der Waals surface area contributed by atoms with Crippen molar-refractivity contribution in [2.75, 3.05) is 17.2 Å². The highest BCUT2D eigenvalue weighted by Gasteiger charge is 2.10. The van der Waals surface area contributed by atoms with Crippen LogP contribution in [-0.2, 0) is 0 Å². The average Bonchev–Trinajstić information content (AvgIpc) is 2.38. The van der Waals surface area contributed by atoms with Gasteiger partial charge in [0, 0.05) is 12.6 Å². The van der Waals surface area contributed by atoms with Crippen LogP contribution >= 0.6 is 11.6 Å². The zero-order valence-electron chi connectivity index (χ0n) is 11.5. The van der Waals surface area contributed by atoms with Crippen molar-refractivity contribution < 1.29 is 0 Å². The molecule has 5 heteroatoms. The Kier molecular flexibility index (Phi) is 6.80. The van der Waals surface area contributed by atoms with Crippen molar-refractivity contribution in [1.29, 1.82) is 0 Å². The molecule has 0 saturated carbocycles. The van der Waals surface area contributed by atoms with Crippen molar-refractivity contribution in [2.45, 2.75) is 52.5 Å². The lowest BCUT2D eigenvalue weighted by Crippen LogP contribution is -2.19. The third-order valence-electron chi connectivity index (χ3n) is 2.75. The second-order valence-electron chi connectivity index (χ2n) is 4.36. The molecule has 18 heavy (non-hydrogen) atoms. The first-order valence-corrected chi connectivity index (χ1v) is 7.11. The van der Waals surface area contributed by atoms with Crippen molar-refractivity contribution in [1.82, 2.24) is 9.97 Å². The van der Waals surface area contributed by atoms with Crippen LogP contribution in [0.2, 0.25) is 5.02 Å². The number of aromatic nitrogens is 2. The molecule has 0 aliphatic rings. The Morgan fingerprint density at radius 1 is 1.28 bits per heavy atom. The van der Waals surface area contributed by atoms with Crippen molar-refractivity contribution in [3.63, 3.8) is 0 Å². The van der Waals surface area contributed by atoms with Crippen molar-refractivity contribution in [2.24, 2.45) is 0 Å². The fraction of sp³-hybridized carbons (Fsp3) is 0.692. The standard InChI is InChI=1S/C13H23ClN4/c1-4-7-10(6-3)17-12-11(14)9-16-13(18-12)15-8-5-2/h9-10H,4-8H2,1-3H3,(H2,15,16,17,18). The molecule has 0 aliphatic heterocycles. The van der Waals surface area contributed by atoms with Gasteiger partial charge in [0.15, 0.2) is 5.82 Å². The zero-order chi connectivity index (χ0) is 13.4. The van der Waals surface area contributed by atoms with E-state index in [1.54, 1.807) is 6.20 Å². The molecule has 0 saturated heterocycles. The smallest absolute Gasteiger partial charge is 0.224 e. The van der Waals surface area contributed by atoms with Gasteiger partial charge in [-0.15, -0.1) is 0 Å². The predicted molar refractivity (Wildman–Crippen MR) is 78.4 cm³/mol. The van der Waals surface area contributed by atoms with Gasteiger partial charge in [-0.25, -0.2) is 4.98 Å². The molecular formula is C13H23ClN4. The van der Waals surface area contributed by atoms with Crippen LogP contribution < -0.4 is 10.6 Å². The molecule has 0 aromatic carbocycles. The Hall–Kier alpha value is -1.03. The maximum atomic E-state index is 6.12. The second-order valence-corrected chi connectivity index (χ2v) is 4.76. The highest BCUT2D eigenvalue weighted by Crippen LogP contribution is 2.21. The molecule has 0 amide bonds. The van der Waals surface area contributed by atoms with Crippen LogP contribution in [0.15, 0.2) is 6.20 Å². The lowest BCUT2D eigenvalue weighted by molar-refractivity contribution is 0.620. The molecule has 1 aromatic heterocycles. The summed E-state index contributed by atoms with van der Waals surface area (Å²) in [7, 11) is 0. The summed E-state index contributed by atoms with van der Waals surface area (Å²) in [6, 6.07) is 0.418. The van der Waals surface area contributed by atoms with E-state index in [0.29, 0.717) is 17.0 Å². The summed E-state index contributed by atoms with van der Waals surface area (Å²) in [5, 5.41) is 7.13. The summed E-state index contributed by atoms with van der Waals surface area (Å²) in [5.74, 6) is 1.36. The molecule has 1 rings (SSSR count). The Bertz CT molecular complexity index is 357. The van der Waals surface area contributed by atoms with Crippen LogP contribution in [0.25, 0.3) is 0 Å². The highest BCUT2D eigenvalue weighted by atomic mass is 35.5. The van der Waals surface area contributed by atoms with E-state index in [9.17, 15) is 0 Å². The van der Waals surface area contributed by atoms with Crippen LogP contribution in [0.4, 0.5) is 11.8 Å². The van der Waals surface area contributed by atoms with E-state index in [-0.39, 0.29) is 0 Å². The molecule has 0 aliphatic carbocycles. The number of anilines is 2. The summed E-state index contributed by atoms with van der Waals surface area (Å²) >= 11 is 6.12. The Balaban J connectivity index is 2.73. The summed E-state index contributed by atoms with van der Waals surface area (Å²) in [4.78, 5) is 8.58. The molecule has 0 bridgehead atoms. The van der Waals surface area contributed by atoms with Crippen LogP contribution in [0.3, 0.4) is 0 Å². The van der Waals surface area contributed by atoms with E-state index < -0.39 is 0 Å². The molecule has 0 fully saturated rings. The molecule has 102 valence electrons. The fourth-order valence-electron chi connectivity index (χ4n) is 1.71. The number of nitrogens with zero attached hydrogens (tertiary/aromatic N) is 2. The molecule has 4 nitrogen and oxygen atoms in total. The first kappa shape index (κ1) is 15.0. The number of hydrogen-bond acceptors (Lipinski definition) is 4. The summed E-state index contributed by atoms with van der Waals surface area (Å²) < 4.78 is 0.